The maximum absolute atomic E-state index is 13.3. The van der Waals surface area contributed by atoms with Crippen molar-refractivity contribution >= 4 is 27.5 Å². The molecule has 0 saturated heterocycles. The smallest absolute Gasteiger partial charge is 0.407 e. The molecule has 0 fully saturated rings. The highest BCUT2D eigenvalue weighted by atomic mass is 32.2. The van der Waals surface area contributed by atoms with E-state index in [0.29, 0.717) is 0 Å². The van der Waals surface area contributed by atoms with Crippen molar-refractivity contribution in [2.75, 3.05) is 17.4 Å². The monoisotopic (exact) mass is 481 g/mol. The van der Waals surface area contributed by atoms with Crippen LogP contribution in [0.5, 0.6) is 5.75 Å². The molecule has 0 aliphatic carbocycles. The molecule has 33 heavy (non-hydrogen) atoms. The lowest BCUT2D eigenvalue weighted by Crippen LogP contribution is -2.45. The van der Waals surface area contributed by atoms with Crippen molar-refractivity contribution in [1.29, 1.82) is 0 Å². The number of nitrogens with one attached hydrogen (secondary N) is 1. The summed E-state index contributed by atoms with van der Waals surface area (Å²) in [7, 11) is -4.18. The Kier molecular flexibility index (Phi) is 6.77. The minimum atomic E-state index is -4.18. The number of carbonyl (C=O) groups excluding carboxylic acids is 1. The number of nitrogens with zero attached hydrogens (tertiary/aromatic N) is 2. The number of rotatable bonds is 6. The Hall–Kier alpha value is -3.41. The standard InChI is InChI=1S/C21H24FN3O7S/c1-21(2,3)32-20(26)23-11-10-16-13-24(33(29,30)17-7-4-14(22)5-8-17)18-12-15(25(27)28)6-9-19(18)31-16/h4-9,12,16H,10-11,13H2,1-3H3,(H,23,26). The third-order valence-electron chi connectivity index (χ3n) is 4.62. The largest absolute Gasteiger partial charge is 0.486 e. The van der Waals surface area contributed by atoms with Crippen molar-refractivity contribution in [3.05, 3.63) is 58.4 Å². The lowest BCUT2D eigenvalue weighted by Gasteiger charge is -2.35. The number of amides is 1. The van der Waals surface area contributed by atoms with E-state index in [0.717, 1.165) is 34.6 Å². The number of sulfonamides is 1. The van der Waals surface area contributed by atoms with Gasteiger partial charge in [-0.25, -0.2) is 17.6 Å². The molecule has 1 heterocycles. The fourth-order valence-corrected chi connectivity index (χ4v) is 4.67. The summed E-state index contributed by atoms with van der Waals surface area (Å²) in [6.45, 7) is 5.16. The van der Waals surface area contributed by atoms with Crippen molar-refractivity contribution in [3.8, 4) is 5.75 Å². The van der Waals surface area contributed by atoms with Crippen LogP contribution in [0.1, 0.15) is 27.2 Å². The molecular weight excluding hydrogens is 457 g/mol. The van der Waals surface area contributed by atoms with Gasteiger partial charge < -0.3 is 14.8 Å². The summed E-state index contributed by atoms with van der Waals surface area (Å²) in [6.07, 6.45) is -1.04. The van der Waals surface area contributed by atoms with Gasteiger partial charge in [0.1, 0.15) is 29.0 Å². The molecule has 12 heteroatoms. The second kappa shape index (κ2) is 9.22. The third-order valence-corrected chi connectivity index (χ3v) is 6.42. The average Bonchev–Trinajstić information content (AvgIpc) is 2.71. The normalized spacial score (nSPS) is 15.9. The Bertz CT molecular complexity index is 1150. The zero-order valence-electron chi connectivity index (χ0n) is 18.3. The van der Waals surface area contributed by atoms with Gasteiger partial charge in [0.2, 0.25) is 0 Å². The van der Waals surface area contributed by atoms with E-state index in [1.165, 1.54) is 12.1 Å². The molecule has 2 aromatic carbocycles. The van der Waals surface area contributed by atoms with Gasteiger partial charge in [-0.2, -0.15) is 0 Å². The predicted octanol–water partition coefficient (Wildman–Crippen LogP) is 3.61. The fourth-order valence-electron chi connectivity index (χ4n) is 3.18. The number of benzene rings is 2. The Balaban J connectivity index is 1.86. The first-order chi connectivity index (χ1) is 15.4. The number of alkyl carbamates (subject to hydrolysis) is 1. The molecule has 178 valence electrons. The molecule has 1 N–H and O–H groups in total. The second-order valence-electron chi connectivity index (χ2n) is 8.36. The first kappa shape index (κ1) is 24.2. The molecule has 1 amide bonds. The molecule has 3 rings (SSSR count). The van der Waals surface area contributed by atoms with Crippen molar-refractivity contribution in [2.24, 2.45) is 0 Å². The van der Waals surface area contributed by atoms with Crippen molar-refractivity contribution in [2.45, 2.75) is 43.8 Å². The Morgan fingerprint density at radius 3 is 2.55 bits per heavy atom. The van der Waals surface area contributed by atoms with Crippen molar-refractivity contribution < 1.29 is 32.0 Å². The van der Waals surface area contributed by atoms with Crippen LogP contribution in [0.15, 0.2) is 47.4 Å². The van der Waals surface area contributed by atoms with Gasteiger partial charge in [-0.3, -0.25) is 14.4 Å². The summed E-state index contributed by atoms with van der Waals surface area (Å²) in [6, 6.07) is 7.93. The average molecular weight is 482 g/mol. The number of nitro groups is 1. The number of fused-ring (bicyclic) bond motifs is 1. The summed E-state index contributed by atoms with van der Waals surface area (Å²) in [5, 5.41) is 13.8. The Morgan fingerprint density at radius 1 is 1.27 bits per heavy atom. The minimum absolute atomic E-state index is 0.00452. The SMILES string of the molecule is CC(C)(C)OC(=O)NCCC1CN(S(=O)(=O)c2ccc(F)cc2)c2cc([N+](=O)[O-])ccc2O1. The van der Waals surface area contributed by atoms with E-state index in [-0.39, 0.29) is 41.5 Å². The van der Waals surface area contributed by atoms with Crippen LogP contribution in [-0.2, 0) is 14.8 Å². The van der Waals surface area contributed by atoms with E-state index in [1.54, 1.807) is 20.8 Å². The highest BCUT2D eigenvalue weighted by Gasteiger charge is 2.35. The maximum Gasteiger partial charge on any atom is 0.407 e. The second-order valence-corrected chi connectivity index (χ2v) is 10.2. The van der Waals surface area contributed by atoms with Gasteiger partial charge in [-0.1, -0.05) is 0 Å². The van der Waals surface area contributed by atoms with Crippen LogP contribution in [0.3, 0.4) is 0 Å². The van der Waals surface area contributed by atoms with Crippen LogP contribution in [-0.4, -0.2) is 44.2 Å². The van der Waals surface area contributed by atoms with Gasteiger partial charge in [-0.05, 0) is 51.1 Å². The number of hydrogen-bond acceptors (Lipinski definition) is 7. The number of halogens is 1. The van der Waals surface area contributed by atoms with Gasteiger partial charge >= 0.3 is 6.09 Å². The van der Waals surface area contributed by atoms with Crippen LogP contribution < -0.4 is 14.4 Å². The number of hydrogen-bond donors (Lipinski definition) is 1. The first-order valence-electron chi connectivity index (χ1n) is 10.1. The summed E-state index contributed by atoms with van der Waals surface area (Å²) < 4.78 is 52.0. The molecule has 10 nitrogen and oxygen atoms in total. The molecule has 1 aliphatic heterocycles. The van der Waals surface area contributed by atoms with E-state index in [4.69, 9.17) is 9.47 Å². The Labute approximate surface area is 190 Å². The maximum atomic E-state index is 13.3. The molecular formula is C21H24FN3O7S. The topological polar surface area (TPSA) is 128 Å². The van der Waals surface area contributed by atoms with Crippen LogP contribution >= 0.6 is 0 Å². The molecule has 0 bridgehead atoms. The van der Waals surface area contributed by atoms with E-state index >= 15 is 0 Å². The molecule has 1 unspecified atom stereocenters. The van der Waals surface area contributed by atoms with Gasteiger partial charge in [-0.15, -0.1) is 0 Å². The number of non-ortho nitro benzene ring substituents is 1. The van der Waals surface area contributed by atoms with Crippen LogP contribution in [0.4, 0.5) is 20.6 Å². The lowest BCUT2D eigenvalue weighted by atomic mass is 10.1. The summed E-state index contributed by atoms with van der Waals surface area (Å²) in [5.74, 6) is -0.460. The number of nitro benzene ring substituents is 1. The number of carbonyl (C=O) groups is 1. The molecule has 0 saturated carbocycles. The molecule has 0 spiro atoms. The molecule has 1 aliphatic rings. The van der Waals surface area contributed by atoms with Crippen molar-refractivity contribution in [3.63, 3.8) is 0 Å². The summed E-state index contributed by atoms with van der Waals surface area (Å²) in [4.78, 5) is 22.3. The van der Waals surface area contributed by atoms with E-state index < -0.39 is 38.6 Å². The quantitative estimate of drug-likeness (QED) is 0.493. The van der Waals surface area contributed by atoms with Gasteiger partial charge in [0, 0.05) is 25.1 Å². The molecule has 0 aromatic heterocycles. The zero-order valence-corrected chi connectivity index (χ0v) is 19.1. The van der Waals surface area contributed by atoms with Crippen LogP contribution in [0.2, 0.25) is 0 Å². The summed E-state index contributed by atoms with van der Waals surface area (Å²) >= 11 is 0. The fraction of sp³-hybridized carbons (Fsp3) is 0.381. The summed E-state index contributed by atoms with van der Waals surface area (Å²) in [5.41, 5.74) is -0.967. The van der Waals surface area contributed by atoms with Gasteiger partial charge in [0.15, 0.2) is 0 Å². The third kappa shape index (κ3) is 5.89. The minimum Gasteiger partial charge on any atom is -0.486 e. The zero-order chi connectivity index (χ0) is 24.4. The molecule has 0 radical (unpaired) electrons. The van der Waals surface area contributed by atoms with Crippen molar-refractivity contribution in [1.82, 2.24) is 5.32 Å². The molecule has 2 aromatic rings. The number of anilines is 1. The van der Waals surface area contributed by atoms with Crippen LogP contribution in [0, 0.1) is 15.9 Å². The van der Waals surface area contributed by atoms with E-state index in [1.807, 2.05) is 0 Å². The number of ether oxygens (including phenoxy) is 2. The van der Waals surface area contributed by atoms with E-state index in [2.05, 4.69) is 5.32 Å². The lowest BCUT2D eigenvalue weighted by molar-refractivity contribution is -0.384. The van der Waals surface area contributed by atoms with Crippen LogP contribution in [0.25, 0.3) is 0 Å². The van der Waals surface area contributed by atoms with Gasteiger partial charge in [0.25, 0.3) is 15.7 Å². The first-order valence-corrected chi connectivity index (χ1v) is 11.5. The highest BCUT2D eigenvalue weighted by molar-refractivity contribution is 7.92. The highest BCUT2D eigenvalue weighted by Crippen LogP contribution is 2.39. The predicted molar refractivity (Wildman–Crippen MR) is 117 cm³/mol. The van der Waals surface area contributed by atoms with E-state index in [9.17, 15) is 27.7 Å². The Morgan fingerprint density at radius 2 is 1.94 bits per heavy atom. The molecule has 1 atom stereocenters. The van der Waals surface area contributed by atoms with Gasteiger partial charge in [0.05, 0.1) is 16.4 Å².